The molecule has 0 aliphatic carbocycles. The van der Waals surface area contributed by atoms with Crippen molar-refractivity contribution in [1.82, 2.24) is 25.2 Å². The summed E-state index contributed by atoms with van der Waals surface area (Å²) in [5.74, 6) is 0.794. The second-order valence-electron chi connectivity index (χ2n) is 5.29. The molecule has 1 aromatic carbocycles. The standard InChI is InChI=1S/C17H19N5S/c1-2-3-5-14-7-9-16(10-8-14)22-17(19-20-21-22)23-13-15-6-4-11-18-12-15/h4,6-12H,2-3,5,13H2,1H3. The Bertz CT molecular complexity index is 724. The molecule has 0 saturated heterocycles. The Labute approximate surface area is 140 Å². The number of tetrazole rings is 1. The predicted octanol–water partition coefficient (Wildman–Crippen LogP) is 3.69. The van der Waals surface area contributed by atoms with Crippen LogP contribution in [0.4, 0.5) is 0 Å². The lowest BCUT2D eigenvalue weighted by Crippen LogP contribution is -1.99. The number of nitrogens with zero attached hydrogens (tertiary/aromatic N) is 5. The highest BCUT2D eigenvalue weighted by atomic mass is 32.2. The largest absolute Gasteiger partial charge is 0.264 e. The van der Waals surface area contributed by atoms with Crippen LogP contribution in [0.5, 0.6) is 0 Å². The van der Waals surface area contributed by atoms with Gasteiger partial charge >= 0.3 is 0 Å². The smallest absolute Gasteiger partial charge is 0.214 e. The van der Waals surface area contributed by atoms with Crippen molar-refractivity contribution < 1.29 is 0 Å². The molecule has 23 heavy (non-hydrogen) atoms. The van der Waals surface area contributed by atoms with Crippen LogP contribution >= 0.6 is 11.8 Å². The lowest BCUT2D eigenvalue weighted by atomic mass is 10.1. The molecule has 0 aliphatic rings. The maximum atomic E-state index is 4.13. The topological polar surface area (TPSA) is 56.5 Å². The quantitative estimate of drug-likeness (QED) is 0.620. The molecule has 0 spiro atoms. The number of aromatic nitrogens is 5. The third-order valence-electron chi connectivity index (χ3n) is 3.53. The van der Waals surface area contributed by atoms with Gasteiger partial charge in [0.2, 0.25) is 5.16 Å². The molecule has 0 aliphatic heterocycles. The molecule has 5 nitrogen and oxygen atoms in total. The van der Waals surface area contributed by atoms with Crippen molar-refractivity contribution in [2.45, 2.75) is 37.1 Å². The van der Waals surface area contributed by atoms with Crippen molar-refractivity contribution >= 4 is 11.8 Å². The second-order valence-corrected chi connectivity index (χ2v) is 6.24. The summed E-state index contributed by atoms with van der Waals surface area (Å²) < 4.78 is 1.78. The lowest BCUT2D eigenvalue weighted by Gasteiger charge is -2.06. The summed E-state index contributed by atoms with van der Waals surface area (Å²) in [5.41, 5.74) is 3.50. The van der Waals surface area contributed by atoms with Crippen LogP contribution in [0.2, 0.25) is 0 Å². The number of aryl methyl sites for hydroxylation is 1. The van der Waals surface area contributed by atoms with E-state index in [-0.39, 0.29) is 0 Å². The fourth-order valence-electron chi connectivity index (χ4n) is 2.25. The molecule has 0 fully saturated rings. The minimum Gasteiger partial charge on any atom is -0.264 e. The first kappa shape index (κ1) is 15.7. The Morgan fingerprint density at radius 2 is 1.96 bits per heavy atom. The zero-order valence-electron chi connectivity index (χ0n) is 13.1. The highest BCUT2D eigenvalue weighted by molar-refractivity contribution is 7.98. The summed E-state index contributed by atoms with van der Waals surface area (Å²) in [4.78, 5) is 4.13. The molecule has 6 heteroatoms. The molecule has 2 aromatic heterocycles. The van der Waals surface area contributed by atoms with Crippen LogP contribution in [0.3, 0.4) is 0 Å². The molecule has 3 rings (SSSR count). The monoisotopic (exact) mass is 325 g/mol. The van der Waals surface area contributed by atoms with E-state index in [2.05, 4.69) is 57.8 Å². The van der Waals surface area contributed by atoms with E-state index in [1.807, 2.05) is 12.3 Å². The summed E-state index contributed by atoms with van der Waals surface area (Å²) in [6.45, 7) is 2.21. The summed E-state index contributed by atoms with van der Waals surface area (Å²) in [6.07, 6.45) is 7.19. The van der Waals surface area contributed by atoms with E-state index >= 15 is 0 Å². The zero-order chi connectivity index (χ0) is 15.9. The van der Waals surface area contributed by atoms with Crippen LogP contribution in [-0.2, 0) is 12.2 Å². The van der Waals surface area contributed by atoms with E-state index in [9.17, 15) is 0 Å². The molecule has 0 radical (unpaired) electrons. The fraction of sp³-hybridized carbons (Fsp3) is 0.294. The number of hydrogen-bond donors (Lipinski definition) is 0. The van der Waals surface area contributed by atoms with Gasteiger partial charge in [-0.15, -0.1) is 5.10 Å². The maximum absolute atomic E-state index is 4.13. The Morgan fingerprint density at radius 3 is 2.70 bits per heavy atom. The van der Waals surface area contributed by atoms with Gasteiger partial charge in [-0.2, -0.15) is 4.68 Å². The molecule has 0 bridgehead atoms. The number of thioether (sulfide) groups is 1. The Kier molecular flexibility index (Phi) is 5.37. The number of benzene rings is 1. The van der Waals surface area contributed by atoms with Crippen LogP contribution in [-0.4, -0.2) is 25.2 Å². The van der Waals surface area contributed by atoms with E-state index in [0.717, 1.165) is 28.6 Å². The molecule has 2 heterocycles. The van der Waals surface area contributed by atoms with Gasteiger partial charge in [0, 0.05) is 18.1 Å². The first-order valence-electron chi connectivity index (χ1n) is 7.76. The Hall–Kier alpha value is -2.21. The summed E-state index contributed by atoms with van der Waals surface area (Å²) in [6, 6.07) is 12.5. The molecule has 0 atom stereocenters. The average Bonchev–Trinajstić information content (AvgIpc) is 3.08. The molecule has 0 unspecified atom stereocenters. The van der Waals surface area contributed by atoms with Gasteiger partial charge < -0.3 is 0 Å². The van der Waals surface area contributed by atoms with E-state index in [4.69, 9.17) is 0 Å². The molecule has 0 N–H and O–H groups in total. The van der Waals surface area contributed by atoms with Crippen molar-refractivity contribution in [2.75, 3.05) is 0 Å². The molecule has 3 aromatic rings. The van der Waals surface area contributed by atoms with Crippen LogP contribution in [0, 0.1) is 0 Å². The van der Waals surface area contributed by atoms with Gasteiger partial charge in [-0.3, -0.25) is 4.98 Å². The lowest BCUT2D eigenvalue weighted by molar-refractivity contribution is 0.754. The Morgan fingerprint density at radius 1 is 1.09 bits per heavy atom. The number of hydrogen-bond acceptors (Lipinski definition) is 5. The molecular formula is C17H19N5S. The van der Waals surface area contributed by atoms with Crippen molar-refractivity contribution in [2.24, 2.45) is 0 Å². The normalized spacial score (nSPS) is 10.8. The van der Waals surface area contributed by atoms with Gasteiger partial charge in [-0.25, -0.2) is 0 Å². The molecule has 0 saturated carbocycles. The molecule has 0 amide bonds. The Balaban J connectivity index is 1.70. The SMILES string of the molecule is CCCCc1ccc(-n2nnnc2SCc2cccnc2)cc1. The van der Waals surface area contributed by atoms with Crippen LogP contribution in [0.15, 0.2) is 53.9 Å². The third kappa shape index (κ3) is 4.16. The second kappa shape index (κ2) is 7.87. The summed E-state index contributed by atoms with van der Waals surface area (Å²) >= 11 is 1.61. The predicted molar refractivity (Wildman–Crippen MR) is 91.6 cm³/mol. The number of rotatable bonds is 7. The zero-order valence-corrected chi connectivity index (χ0v) is 13.9. The van der Waals surface area contributed by atoms with E-state index in [1.54, 1.807) is 22.6 Å². The van der Waals surface area contributed by atoms with Crippen LogP contribution < -0.4 is 0 Å². The average molecular weight is 325 g/mol. The van der Waals surface area contributed by atoms with Crippen molar-refractivity contribution in [3.8, 4) is 5.69 Å². The number of pyridine rings is 1. The first-order valence-corrected chi connectivity index (χ1v) is 8.75. The molecular weight excluding hydrogens is 306 g/mol. The van der Waals surface area contributed by atoms with Gasteiger partial charge in [0.15, 0.2) is 0 Å². The van der Waals surface area contributed by atoms with Gasteiger partial charge in [0.25, 0.3) is 0 Å². The third-order valence-corrected chi connectivity index (χ3v) is 4.52. The van der Waals surface area contributed by atoms with Crippen molar-refractivity contribution in [3.63, 3.8) is 0 Å². The van der Waals surface area contributed by atoms with Gasteiger partial charge in [0.05, 0.1) is 5.69 Å². The van der Waals surface area contributed by atoms with Crippen molar-refractivity contribution in [3.05, 3.63) is 59.9 Å². The van der Waals surface area contributed by atoms with E-state index < -0.39 is 0 Å². The van der Waals surface area contributed by atoms with Crippen LogP contribution in [0.25, 0.3) is 5.69 Å². The van der Waals surface area contributed by atoms with Gasteiger partial charge in [-0.1, -0.05) is 43.3 Å². The number of unbranched alkanes of at least 4 members (excludes halogenated alkanes) is 1. The summed E-state index contributed by atoms with van der Waals surface area (Å²) in [5, 5.41) is 12.8. The highest BCUT2D eigenvalue weighted by Gasteiger charge is 2.09. The van der Waals surface area contributed by atoms with Gasteiger partial charge in [0.1, 0.15) is 0 Å². The van der Waals surface area contributed by atoms with Gasteiger partial charge in [-0.05, 0) is 52.6 Å². The summed E-state index contributed by atoms with van der Waals surface area (Å²) in [7, 11) is 0. The highest BCUT2D eigenvalue weighted by Crippen LogP contribution is 2.22. The van der Waals surface area contributed by atoms with Crippen molar-refractivity contribution in [1.29, 1.82) is 0 Å². The van der Waals surface area contributed by atoms with Crippen LogP contribution in [0.1, 0.15) is 30.9 Å². The van der Waals surface area contributed by atoms with E-state index in [1.165, 1.54) is 18.4 Å². The fourth-order valence-corrected chi connectivity index (χ4v) is 3.07. The minimum atomic E-state index is 0.787. The molecule has 118 valence electrons. The minimum absolute atomic E-state index is 0.787. The first-order chi connectivity index (χ1) is 11.4. The van der Waals surface area contributed by atoms with E-state index in [0.29, 0.717) is 0 Å². The maximum Gasteiger partial charge on any atom is 0.214 e.